The second kappa shape index (κ2) is 3.73. The van der Waals surface area contributed by atoms with Gasteiger partial charge in [0, 0.05) is 17.6 Å². The zero-order valence-electron chi connectivity index (χ0n) is 9.11. The number of nitrogens with one attached hydrogen (secondary N) is 1. The minimum Gasteiger partial charge on any atom is -0.505 e. The lowest BCUT2D eigenvalue weighted by molar-refractivity contribution is 0.431. The Morgan fingerprint density at radius 1 is 1.28 bits per heavy atom. The number of benzene rings is 1. The molecule has 0 fully saturated rings. The van der Waals surface area contributed by atoms with Crippen molar-refractivity contribution in [2.24, 2.45) is 0 Å². The molecule has 18 heavy (non-hydrogen) atoms. The van der Waals surface area contributed by atoms with Crippen LogP contribution in [0.25, 0.3) is 22.2 Å². The Bertz CT molecular complexity index is 775. The van der Waals surface area contributed by atoms with E-state index in [1.807, 2.05) is 0 Å². The number of rotatable bonds is 1. The fraction of sp³-hybridized carbons (Fsp3) is 0. The summed E-state index contributed by atoms with van der Waals surface area (Å²) in [6.07, 6.45) is 1.68. The number of hydrogen-bond donors (Lipinski definition) is 2. The van der Waals surface area contributed by atoms with Crippen molar-refractivity contribution in [1.29, 1.82) is 0 Å². The molecule has 5 heteroatoms. The predicted octanol–water partition coefficient (Wildman–Crippen LogP) is 2.63. The molecule has 0 amide bonds. The highest BCUT2D eigenvalue weighted by Crippen LogP contribution is 2.25. The summed E-state index contributed by atoms with van der Waals surface area (Å²) in [6, 6.07) is 7.20. The molecule has 3 aromatic rings. The number of phenolic OH excluding ortho intramolecular Hbond substituents is 1. The first-order valence-electron chi connectivity index (χ1n) is 5.25. The van der Waals surface area contributed by atoms with Crippen molar-refractivity contribution < 1.29 is 13.9 Å². The third kappa shape index (κ3) is 1.57. The molecular weight excluding hydrogens is 237 g/mol. The highest BCUT2D eigenvalue weighted by Gasteiger charge is 2.11. The molecule has 2 aromatic heterocycles. The van der Waals surface area contributed by atoms with E-state index in [0.717, 1.165) is 12.1 Å². The maximum Gasteiger partial charge on any atom is 0.345 e. The van der Waals surface area contributed by atoms with Crippen LogP contribution in [0.3, 0.4) is 0 Å². The number of aromatic amines is 1. The summed E-state index contributed by atoms with van der Waals surface area (Å²) in [6.45, 7) is 0. The van der Waals surface area contributed by atoms with Gasteiger partial charge >= 0.3 is 5.63 Å². The highest BCUT2D eigenvalue weighted by molar-refractivity contribution is 5.82. The van der Waals surface area contributed by atoms with E-state index in [1.54, 1.807) is 18.3 Å². The molecule has 3 rings (SSSR count). The van der Waals surface area contributed by atoms with E-state index in [0.29, 0.717) is 16.6 Å². The zero-order chi connectivity index (χ0) is 12.7. The Morgan fingerprint density at radius 3 is 2.83 bits per heavy atom. The predicted molar refractivity (Wildman–Crippen MR) is 63.9 cm³/mol. The van der Waals surface area contributed by atoms with E-state index in [-0.39, 0.29) is 5.58 Å². The van der Waals surface area contributed by atoms with Crippen LogP contribution in [-0.2, 0) is 0 Å². The van der Waals surface area contributed by atoms with Crippen LogP contribution in [0.1, 0.15) is 0 Å². The molecule has 0 bridgehead atoms. The summed E-state index contributed by atoms with van der Waals surface area (Å²) >= 11 is 0. The summed E-state index contributed by atoms with van der Waals surface area (Å²) in [4.78, 5) is 14.6. The molecule has 0 spiro atoms. The summed E-state index contributed by atoms with van der Waals surface area (Å²) in [5, 5.41) is 9.63. The molecule has 0 aliphatic carbocycles. The second-order valence-electron chi connectivity index (χ2n) is 3.87. The molecule has 0 saturated heterocycles. The van der Waals surface area contributed by atoms with Gasteiger partial charge in [0.2, 0.25) is 0 Å². The molecule has 0 radical (unpaired) electrons. The van der Waals surface area contributed by atoms with Crippen LogP contribution in [0.4, 0.5) is 4.39 Å². The van der Waals surface area contributed by atoms with E-state index < -0.39 is 17.2 Å². The van der Waals surface area contributed by atoms with Gasteiger partial charge in [0.05, 0.1) is 11.3 Å². The number of phenols is 1. The van der Waals surface area contributed by atoms with Crippen molar-refractivity contribution in [3.05, 3.63) is 52.8 Å². The van der Waals surface area contributed by atoms with Crippen molar-refractivity contribution in [3.8, 4) is 17.0 Å². The highest BCUT2D eigenvalue weighted by atomic mass is 19.1. The summed E-state index contributed by atoms with van der Waals surface area (Å²) < 4.78 is 18.3. The maximum atomic E-state index is 13.2. The van der Waals surface area contributed by atoms with E-state index in [1.165, 1.54) is 6.07 Å². The van der Waals surface area contributed by atoms with Crippen molar-refractivity contribution >= 4 is 11.0 Å². The van der Waals surface area contributed by atoms with Gasteiger partial charge in [0.15, 0.2) is 11.6 Å². The molecule has 0 aliphatic heterocycles. The van der Waals surface area contributed by atoms with Crippen LogP contribution < -0.4 is 5.63 Å². The molecule has 0 saturated carbocycles. The third-order valence-electron chi connectivity index (χ3n) is 2.69. The smallest absolute Gasteiger partial charge is 0.345 e. The van der Waals surface area contributed by atoms with Crippen LogP contribution in [0.15, 0.2) is 45.7 Å². The summed E-state index contributed by atoms with van der Waals surface area (Å²) in [7, 11) is 0. The normalized spacial score (nSPS) is 10.9. The topological polar surface area (TPSA) is 66.2 Å². The van der Waals surface area contributed by atoms with Crippen LogP contribution in [0.2, 0.25) is 0 Å². The lowest BCUT2D eigenvalue weighted by Crippen LogP contribution is -2.02. The number of aromatic hydroxyl groups is 1. The SMILES string of the molecule is O=c1oc2cc(O)c(F)cc2cc1-c1ccc[nH]1. The third-order valence-corrected chi connectivity index (χ3v) is 2.69. The van der Waals surface area contributed by atoms with E-state index in [2.05, 4.69) is 4.98 Å². The second-order valence-corrected chi connectivity index (χ2v) is 3.87. The molecule has 0 unspecified atom stereocenters. The molecule has 0 aliphatic rings. The Kier molecular flexibility index (Phi) is 2.19. The molecule has 2 heterocycles. The van der Waals surface area contributed by atoms with E-state index in [9.17, 15) is 14.3 Å². The van der Waals surface area contributed by atoms with E-state index in [4.69, 9.17) is 4.42 Å². The lowest BCUT2D eigenvalue weighted by Gasteiger charge is -2.02. The van der Waals surface area contributed by atoms with Gasteiger partial charge in [-0.1, -0.05) is 0 Å². The largest absolute Gasteiger partial charge is 0.505 e. The van der Waals surface area contributed by atoms with Crippen molar-refractivity contribution in [2.45, 2.75) is 0 Å². The first-order chi connectivity index (χ1) is 8.65. The quantitative estimate of drug-likeness (QED) is 0.647. The van der Waals surface area contributed by atoms with E-state index >= 15 is 0 Å². The van der Waals surface area contributed by atoms with Gasteiger partial charge < -0.3 is 14.5 Å². The van der Waals surface area contributed by atoms with Gasteiger partial charge in [-0.2, -0.15) is 0 Å². The molecule has 1 aromatic carbocycles. The van der Waals surface area contributed by atoms with Crippen molar-refractivity contribution in [3.63, 3.8) is 0 Å². The molecule has 0 atom stereocenters. The summed E-state index contributed by atoms with van der Waals surface area (Å²) in [5.41, 5.74) is 0.516. The van der Waals surface area contributed by atoms with Gasteiger partial charge in [-0.05, 0) is 24.3 Å². The van der Waals surface area contributed by atoms with Gasteiger partial charge in [-0.3, -0.25) is 0 Å². The van der Waals surface area contributed by atoms with Gasteiger partial charge in [0.1, 0.15) is 5.58 Å². The first-order valence-corrected chi connectivity index (χ1v) is 5.25. The fourth-order valence-corrected chi connectivity index (χ4v) is 1.81. The van der Waals surface area contributed by atoms with Crippen molar-refractivity contribution in [2.75, 3.05) is 0 Å². The Morgan fingerprint density at radius 2 is 2.11 bits per heavy atom. The number of fused-ring (bicyclic) bond motifs is 1. The van der Waals surface area contributed by atoms with Gasteiger partial charge in [-0.15, -0.1) is 0 Å². The minimum atomic E-state index is -0.756. The van der Waals surface area contributed by atoms with Crippen LogP contribution in [0.5, 0.6) is 5.75 Å². The number of halogens is 1. The fourth-order valence-electron chi connectivity index (χ4n) is 1.81. The Labute approximate surface area is 100 Å². The Hall–Kier alpha value is -2.56. The Balaban J connectivity index is 2.33. The van der Waals surface area contributed by atoms with Gasteiger partial charge in [0.25, 0.3) is 0 Å². The molecule has 90 valence electrons. The summed E-state index contributed by atoms with van der Waals surface area (Å²) in [5.74, 6) is -1.30. The van der Waals surface area contributed by atoms with Crippen molar-refractivity contribution in [1.82, 2.24) is 4.98 Å². The standard InChI is InChI=1S/C13H8FNO3/c14-9-5-7-4-8(10-2-1-3-15-10)13(17)18-12(7)6-11(9)16/h1-6,15-16H. The number of aromatic nitrogens is 1. The van der Waals surface area contributed by atoms with Crippen LogP contribution >= 0.6 is 0 Å². The average Bonchev–Trinajstić information content (AvgIpc) is 2.84. The average molecular weight is 245 g/mol. The van der Waals surface area contributed by atoms with Gasteiger partial charge in [-0.25, -0.2) is 9.18 Å². The lowest BCUT2D eigenvalue weighted by atomic mass is 10.1. The molecule has 4 nitrogen and oxygen atoms in total. The first kappa shape index (κ1) is 10.6. The molecule has 2 N–H and O–H groups in total. The maximum absolute atomic E-state index is 13.2. The zero-order valence-corrected chi connectivity index (χ0v) is 9.11. The number of hydrogen-bond acceptors (Lipinski definition) is 3. The minimum absolute atomic E-state index is 0.147. The van der Waals surface area contributed by atoms with Crippen LogP contribution in [-0.4, -0.2) is 10.1 Å². The van der Waals surface area contributed by atoms with Crippen LogP contribution in [0, 0.1) is 5.82 Å². The monoisotopic (exact) mass is 245 g/mol. The molecular formula is C13H8FNO3. The number of H-pyrrole nitrogens is 1.